The first-order chi connectivity index (χ1) is 20.4. The van der Waals surface area contributed by atoms with E-state index in [2.05, 4.69) is 24.7 Å². The minimum Gasteiger partial charge on any atom is -0.488 e. The van der Waals surface area contributed by atoms with Gasteiger partial charge in [-0.1, -0.05) is 24.3 Å². The highest BCUT2D eigenvalue weighted by Gasteiger charge is 2.31. The molecule has 4 aromatic rings. The third kappa shape index (κ3) is 6.43. The molecule has 43 heavy (non-hydrogen) atoms. The lowest BCUT2D eigenvalue weighted by Crippen LogP contribution is -2.44. The minimum absolute atomic E-state index is 0.0413. The summed E-state index contributed by atoms with van der Waals surface area (Å²) >= 11 is 0. The van der Waals surface area contributed by atoms with E-state index in [1.165, 1.54) is 18.2 Å². The van der Waals surface area contributed by atoms with Gasteiger partial charge in [0.1, 0.15) is 6.61 Å². The molecule has 0 saturated carbocycles. The van der Waals surface area contributed by atoms with Gasteiger partial charge in [-0.3, -0.25) is 4.79 Å². The van der Waals surface area contributed by atoms with Crippen molar-refractivity contribution < 1.29 is 22.7 Å². The largest absolute Gasteiger partial charge is 0.488 e. The van der Waals surface area contributed by atoms with Crippen molar-refractivity contribution >= 4 is 21.9 Å². The van der Waals surface area contributed by atoms with Crippen molar-refractivity contribution in [1.29, 1.82) is 0 Å². The van der Waals surface area contributed by atoms with E-state index >= 15 is 0 Å². The van der Waals surface area contributed by atoms with Gasteiger partial charge in [0, 0.05) is 17.2 Å². The molecule has 0 fully saturated rings. The van der Waals surface area contributed by atoms with Gasteiger partial charge >= 0.3 is 0 Å². The number of amides is 1. The van der Waals surface area contributed by atoms with Gasteiger partial charge in [-0.25, -0.2) is 28.1 Å². The number of sulfonamides is 1. The second-order valence-electron chi connectivity index (χ2n) is 10.8. The van der Waals surface area contributed by atoms with Crippen LogP contribution in [0.15, 0.2) is 65.8 Å². The number of fused-ring (bicyclic) bond motifs is 4. The number of rotatable bonds is 5. The molecule has 224 valence electrons. The third-order valence-corrected chi connectivity index (χ3v) is 8.38. The maximum atomic E-state index is 14.0. The van der Waals surface area contributed by atoms with Crippen LogP contribution in [-0.2, 0) is 10.0 Å². The Kier molecular flexibility index (Phi) is 8.32. The molecule has 5 rings (SSSR count). The van der Waals surface area contributed by atoms with Gasteiger partial charge in [0.15, 0.2) is 11.6 Å². The summed E-state index contributed by atoms with van der Waals surface area (Å²) in [5.74, 6) is 0.534. The highest BCUT2D eigenvalue weighted by molar-refractivity contribution is 7.92. The molecular formula is C31H34N6O5S. The van der Waals surface area contributed by atoms with E-state index < -0.39 is 28.0 Å². The second-order valence-corrected chi connectivity index (χ2v) is 12.5. The topological polar surface area (TPSA) is 136 Å². The summed E-state index contributed by atoms with van der Waals surface area (Å²) in [5.41, 5.74) is 3.47. The minimum atomic E-state index is -4.16. The van der Waals surface area contributed by atoms with Crippen LogP contribution < -0.4 is 14.2 Å². The van der Waals surface area contributed by atoms with Crippen LogP contribution in [0.25, 0.3) is 11.3 Å². The SMILES string of the molecule is Cc1cccc(C)c1-c1cc2nc(n1)NS(=O)(=O)c1cccc(c1)C(=O)N(C(C)c1ncc(OC(C)C)cn1)[C@@H](C)CO2. The first-order valence-corrected chi connectivity index (χ1v) is 15.4. The van der Waals surface area contributed by atoms with Crippen LogP contribution in [0, 0.1) is 13.8 Å². The molecule has 3 heterocycles. The Morgan fingerprint density at radius 2 is 1.67 bits per heavy atom. The van der Waals surface area contributed by atoms with Crippen LogP contribution in [0.1, 0.15) is 61.0 Å². The molecule has 2 aromatic heterocycles. The monoisotopic (exact) mass is 602 g/mol. The van der Waals surface area contributed by atoms with Crippen molar-refractivity contribution in [3.63, 3.8) is 0 Å². The Morgan fingerprint density at radius 3 is 2.35 bits per heavy atom. The highest BCUT2D eigenvalue weighted by atomic mass is 32.2. The van der Waals surface area contributed by atoms with E-state index in [0.29, 0.717) is 17.3 Å². The Balaban J connectivity index is 1.59. The Labute approximate surface area is 251 Å². The molecule has 0 radical (unpaired) electrons. The molecule has 4 bridgehead atoms. The summed E-state index contributed by atoms with van der Waals surface area (Å²) in [6.45, 7) is 11.4. The van der Waals surface area contributed by atoms with E-state index in [1.807, 2.05) is 59.7 Å². The van der Waals surface area contributed by atoms with Crippen molar-refractivity contribution in [1.82, 2.24) is 24.8 Å². The predicted octanol–water partition coefficient (Wildman–Crippen LogP) is 5.12. The lowest BCUT2D eigenvalue weighted by Gasteiger charge is -2.34. The van der Waals surface area contributed by atoms with E-state index in [0.717, 1.165) is 16.7 Å². The van der Waals surface area contributed by atoms with Crippen molar-refractivity contribution in [2.75, 3.05) is 11.3 Å². The van der Waals surface area contributed by atoms with E-state index in [1.54, 1.807) is 29.4 Å². The van der Waals surface area contributed by atoms with Gasteiger partial charge in [-0.2, -0.15) is 4.98 Å². The van der Waals surface area contributed by atoms with Crippen LogP contribution in [-0.4, -0.2) is 57.9 Å². The van der Waals surface area contributed by atoms with Crippen molar-refractivity contribution in [3.8, 4) is 22.9 Å². The zero-order valence-corrected chi connectivity index (χ0v) is 25.7. The quantitative estimate of drug-likeness (QED) is 0.330. The maximum absolute atomic E-state index is 14.0. The first-order valence-electron chi connectivity index (χ1n) is 14.0. The number of nitrogens with one attached hydrogen (secondary N) is 1. The highest BCUT2D eigenvalue weighted by Crippen LogP contribution is 2.31. The van der Waals surface area contributed by atoms with Crippen LogP contribution in [0.2, 0.25) is 0 Å². The number of aromatic nitrogens is 4. The molecule has 1 aliphatic rings. The van der Waals surface area contributed by atoms with Crippen molar-refractivity contribution in [2.45, 2.75) is 64.6 Å². The number of nitrogens with zero attached hydrogens (tertiary/aromatic N) is 5. The van der Waals surface area contributed by atoms with Crippen molar-refractivity contribution in [2.24, 2.45) is 0 Å². The molecule has 11 nitrogen and oxygen atoms in total. The van der Waals surface area contributed by atoms with Gasteiger partial charge in [0.25, 0.3) is 15.9 Å². The number of aryl methyl sites for hydroxylation is 2. The summed E-state index contributed by atoms with van der Waals surface area (Å²) < 4.78 is 41.2. The fraction of sp³-hybridized carbons (Fsp3) is 0.323. The van der Waals surface area contributed by atoms with Gasteiger partial charge in [-0.15, -0.1) is 0 Å². The van der Waals surface area contributed by atoms with E-state index in [4.69, 9.17) is 9.47 Å². The molecule has 1 N–H and O–H groups in total. The Morgan fingerprint density at radius 1 is 1.00 bits per heavy atom. The molecule has 0 saturated heterocycles. The summed E-state index contributed by atoms with van der Waals surface area (Å²) in [4.78, 5) is 33.3. The molecular weight excluding hydrogens is 568 g/mol. The standard InChI is InChI=1S/C31H34N6O5S/c1-18(2)42-24-15-32-29(33-16-24)22(6)37-21(5)17-41-27-14-26(28-19(3)9-7-10-20(28)4)34-31(35-27)36-43(39,40)25-12-8-11-23(13-25)30(37)38/h7-16,18,21-22H,17H2,1-6H3,(H,34,35,36)/t21-,22?/m0/s1. The van der Waals surface area contributed by atoms with Gasteiger partial charge in [0.2, 0.25) is 11.8 Å². The zero-order chi connectivity index (χ0) is 30.9. The fourth-order valence-corrected chi connectivity index (χ4v) is 6.05. The van der Waals surface area contributed by atoms with Crippen molar-refractivity contribution in [3.05, 3.63) is 83.4 Å². The second kappa shape index (κ2) is 12.0. The van der Waals surface area contributed by atoms with Gasteiger partial charge in [-0.05, 0) is 70.9 Å². The predicted molar refractivity (Wildman–Crippen MR) is 162 cm³/mol. The number of anilines is 1. The molecule has 2 atom stereocenters. The molecule has 2 aromatic carbocycles. The summed E-state index contributed by atoms with van der Waals surface area (Å²) in [6.07, 6.45) is 3.10. The normalized spacial score (nSPS) is 17.1. The van der Waals surface area contributed by atoms with E-state index in [-0.39, 0.29) is 35.0 Å². The molecule has 1 amide bonds. The fourth-order valence-electron chi connectivity index (χ4n) is 5.06. The number of benzene rings is 2. The zero-order valence-electron chi connectivity index (χ0n) is 24.9. The number of carbonyl (C=O) groups excluding carboxylic acids is 1. The van der Waals surface area contributed by atoms with Crippen LogP contribution in [0.3, 0.4) is 0 Å². The Hall–Kier alpha value is -4.58. The summed E-state index contributed by atoms with van der Waals surface area (Å²) in [5, 5.41) is 0. The molecule has 0 spiro atoms. The molecule has 1 unspecified atom stereocenters. The average molecular weight is 603 g/mol. The smallest absolute Gasteiger partial charge is 0.264 e. The molecule has 12 heteroatoms. The first kappa shape index (κ1) is 29.9. The average Bonchev–Trinajstić information content (AvgIpc) is 2.95. The van der Waals surface area contributed by atoms with E-state index in [9.17, 15) is 13.2 Å². The lowest BCUT2D eigenvalue weighted by molar-refractivity contribution is 0.0520. The number of hydrogen-bond donors (Lipinski definition) is 1. The molecule has 0 aliphatic carbocycles. The van der Waals surface area contributed by atoms with Gasteiger partial charge in [0.05, 0.1) is 41.2 Å². The maximum Gasteiger partial charge on any atom is 0.264 e. The number of hydrogen-bond acceptors (Lipinski definition) is 9. The third-order valence-electron chi connectivity index (χ3n) is 7.05. The van der Waals surface area contributed by atoms with Crippen LogP contribution >= 0.6 is 0 Å². The number of ether oxygens (including phenoxy) is 2. The van der Waals surface area contributed by atoms with Crippen LogP contribution in [0.4, 0.5) is 5.95 Å². The molecule has 1 aliphatic heterocycles. The Bertz CT molecular complexity index is 1740. The summed E-state index contributed by atoms with van der Waals surface area (Å²) in [7, 11) is -4.16. The van der Waals surface area contributed by atoms with Crippen LogP contribution in [0.5, 0.6) is 11.6 Å². The number of carbonyl (C=O) groups is 1. The summed E-state index contributed by atoms with van der Waals surface area (Å²) in [6, 6.07) is 12.3. The lowest BCUT2D eigenvalue weighted by atomic mass is 10.00. The van der Waals surface area contributed by atoms with Gasteiger partial charge < -0.3 is 14.4 Å².